The number of nitrogens with zero attached hydrogens (tertiary/aromatic N) is 1. The number of hydrogen-bond donors (Lipinski definition) is 2. The molecule has 2 aromatic carbocycles. The van der Waals surface area contributed by atoms with Gasteiger partial charge < -0.3 is 25.5 Å². The number of ether oxygens (including phenoxy) is 1. The Balaban J connectivity index is 0.000000167. The van der Waals surface area contributed by atoms with Crippen molar-refractivity contribution in [1.82, 2.24) is 0 Å². The lowest BCUT2D eigenvalue weighted by Gasteiger charge is -2.33. The normalized spacial score (nSPS) is 16.2. The molecule has 0 spiro atoms. The zero-order chi connectivity index (χ0) is 20.1. The maximum absolute atomic E-state index is 10.9. The molecule has 2 heterocycles. The Kier molecular flexibility index (Phi) is 6.19. The van der Waals surface area contributed by atoms with Crippen molar-refractivity contribution in [2.75, 3.05) is 35.6 Å². The molecule has 0 radical (unpaired) electrons. The predicted octanol–water partition coefficient (Wildman–Crippen LogP) is 3.32. The Hall–Kier alpha value is -3.02. The number of piperidine rings is 1. The van der Waals surface area contributed by atoms with E-state index in [2.05, 4.69) is 42.3 Å². The van der Waals surface area contributed by atoms with Gasteiger partial charge in [0.05, 0.1) is 5.69 Å². The summed E-state index contributed by atoms with van der Waals surface area (Å²) < 4.78 is 5.12. The second-order valence-corrected chi connectivity index (χ2v) is 7.27. The quantitative estimate of drug-likeness (QED) is 0.616. The topological polar surface area (TPSA) is 84.7 Å². The van der Waals surface area contributed by atoms with Gasteiger partial charge in [-0.1, -0.05) is 12.1 Å². The fourth-order valence-electron chi connectivity index (χ4n) is 3.46. The number of nitrogens with two attached hydrogens (primary N) is 1. The third-order valence-electron chi connectivity index (χ3n) is 5.29. The molecule has 2 aliphatic heterocycles. The maximum Gasteiger partial charge on any atom is 0.262 e. The van der Waals surface area contributed by atoms with E-state index in [0.29, 0.717) is 17.1 Å². The first-order chi connectivity index (χ1) is 13.5. The third kappa shape index (κ3) is 4.63. The number of aldehydes is 1. The molecule has 148 valence electrons. The molecule has 0 atom stereocenters. The van der Waals surface area contributed by atoms with Gasteiger partial charge in [-0.2, -0.15) is 0 Å². The summed E-state index contributed by atoms with van der Waals surface area (Å²) in [6.45, 7) is 6.42. The van der Waals surface area contributed by atoms with Gasteiger partial charge in [0.1, 0.15) is 12.0 Å². The average Bonchev–Trinajstić information content (AvgIpc) is 2.70. The van der Waals surface area contributed by atoms with Crippen molar-refractivity contribution in [3.05, 3.63) is 47.5 Å². The predicted molar refractivity (Wildman–Crippen MR) is 112 cm³/mol. The number of benzene rings is 2. The number of rotatable bonds is 2. The smallest absolute Gasteiger partial charge is 0.262 e. The van der Waals surface area contributed by atoms with Gasteiger partial charge in [0.25, 0.3) is 5.91 Å². The van der Waals surface area contributed by atoms with Gasteiger partial charge in [-0.15, -0.1) is 0 Å². The fraction of sp³-hybridized carbons (Fsp3) is 0.364. The third-order valence-corrected chi connectivity index (χ3v) is 5.29. The van der Waals surface area contributed by atoms with E-state index in [9.17, 15) is 9.59 Å². The number of nitrogen functional groups attached to an aromatic ring is 1. The molecule has 6 nitrogen and oxygen atoms in total. The summed E-state index contributed by atoms with van der Waals surface area (Å²) >= 11 is 0. The molecule has 0 unspecified atom stereocenters. The number of hydrogen-bond acceptors (Lipinski definition) is 5. The summed E-state index contributed by atoms with van der Waals surface area (Å²) in [5, 5.41) is 2.66. The number of anilines is 3. The molecule has 28 heavy (non-hydrogen) atoms. The first-order valence-corrected chi connectivity index (χ1v) is 9.56. The van der Waals surface area contributed by atoms with Gasteiger partial charge in [-0.25, -0.2) is 0 Å². The minimum Gasteiger partial charge on any atom is -0.482 e. The number of nitrogens with one attached hydrogen (secondary N) is 1. The largest absolute Gasteiger partial charge is 0.482 e. The second kappa shape index (κ2) is 8.78. The van der Waals surface area contributed by atoms with Crippen LogP contribution in [0.2, 0.25) is 0 Å². The van der Waals surface area contributed by atoms with Gasteiger partial charge in [0.2, 0.25) is 0 Å². The van der Waals surface area contributed by atoms with Gasteiger partial charge in [-0.05, 0) is 62.1 Å². The van der Waals surface area contributed by atoms with E-state index in [4.69, 9.17) is 10.5 Å². The van der Waals surface area contributed by atoms with Crippen LogP contribution in [0.5, 0.6) is 5.75 Å². The minimum absolute atomic E-state index is 0.0803. The molecule has 1 fully saturated rings. The standard InChI is InChI=1S/C14H19NO.C8H8N2O2/c1-11-4-3-5-14(12(11)2)15-8-6-13(10-16)7-9-15;9-5-1-2-7-6(3-5)10-8(11)4-12-7/h3-5,10,13H,6-9H2,1-2H3;1-3H,4,9H2,(H,10,11). The van der Waals surface area contributed by atoms with Gasteiger partial charge in [-0.3, -0.25) is 4.79 Å². The van der Waals surface area contributed by atoms with Crippen LogP contribution < -0.4 is 20.7 Å². The van der Waals surface area contributed by atoms with Gasteiger partial charge >= 0.3 is 0 Å². The highest BCUT2D eigenvalue weighted by Crippen LogP contribution is 2.29. The molecular weight excluding hydrogens is 354 g/mol. The summed E-state index contributed by atoms with van der Waals surface area (Å²) in [4.78, 5) is 24.0. The van der Waals surface area contributed by atoms with Crippen LogP contribution in [0, 0.1) is 19.8 Å². The molecule has 6 heteroatoms. The highest BCUT2D eigenvalue weighted by molar-refractivity contribution is 5.95. The molecule has 0 saturated carbocycles. The molecule has 3 N–H and O–H groups in total. The van der Waals surface area contributed by atoms with E-state index >= 15 is 0 Å². The molecular formula is C22H27N3O3. The highest BCUT2D eigenvalue weighted by Gasteiger charge is 2.20. The Morgan fingerprint density at radius 1 is 1.18 bits per heavy atom. The van der Waals surface area contributed by atoms with Crippen molar-refractivity contribution in [2.24, 2.45) is 5.92 Å². The van der Waals surface area contributed by atoms with Crippen LogP contribution >= 0.6 is 0 Å². The number of carbonyl (C=O) groups is 2. The molecule has 0 aliphatic carbocycles. The lowest BCUT2D eigenvalue weighted by atomic mass is 9.97. The number of aryl methyl sites for hydroxylation is 1. The summed E-state index contributed by atoms with van der Waals surface area (Å²) in [6, 6.07) is 11.6. The summed E-state index contributed by atoms with van der Waals surface area (Å²) in [5.41, 5.74) is 10.8. The lowest BCUT2D eigenvalue weighted by Crippen LogP contribution is -2.34. The van der Waals surface area contributed by atoms with Gasteiger partial charge in [0.15, 0.2) is 6.61 Å². The van der Waals surface area contributed by atoms with Gasteiger partial charge in [0, 0.05) is 30.4 Å². The van der Waals surface area contributed by atoms with Crippen molar-refractivity contribution in [1.29, 1.82) is 0 Å². The number of fused-ring (bicyclic) bond motifs is 1. The summed E-state index contributed by atoms with van der Waals surface area (Å²) in [7, 11) is 0. The maximum atomic E-state index is 10.9. The Morgan fingerprint density at radius 3 is 2.64 bits per heavy atom. The molecule has 2 aromatic rings. The zero-order valence-corrected chi connectivity index (χ0v) is 16.4. The number of carbonyl (C=O) groups excluding carboxylic acids is 2. The molecule has 4 rings (SSSR count). The summed E-state index contributed by atoms with van der Waals surface area (Å²) in [5.74, 6) is 0.804. The molecule has 2 aliphatic rings. The van der Waals surface area contributed by atoms with Crippen LogP contribution in [0.25, 0.3) is 0 Å². The second-order valence-electron chi connectivity index (χ2n) is 7.27. The number of amides is 1. The Labute approximate surface area is 165 Å². The van der Waals surface area contributed by atoms with Crippen LogP contribution in [0.15, 0.2) is 36.4 Å². The first kappa shape index (κ1) is 19.7. The zero-order valence-electron chi connectivity index (χ0n) is 16.4. The van der Waals surface area contributed by atoms with E-state index < -0.39 is 0 Å². The SMILES string of the molecule is Cc1cccc(N2CCC(C=O)CC2)c1C.Nc1ccc2c(c1)NC(=O)CO2. The van der Waals surface area contributed by atoms with Crippen molar-refractivity contribution in [3.8, 4) is 5.75 Å². The van der Waals surface area contributed by atoms with E-state index in [1.807, 2.05) is 0 Å². The molecule has 0 aromatic heterocycles. The van der Waals surface area contributed by atoms with Crippen LogP contribution in [-0.2, 0) is 9.59 Å². The van der Waals surface area contributed by atoms with E-state index in [-0.39, 0.29) is 18.4 Å². The molecule has 0 bridgehead atoms. The van der Waals surface area contributed by atoms with Crippen LogP contribution in [0.1, 0.15) is 24.0 Å². The van der Waals surface area contributed by atoms with E-state index in [0.717, 1.165) is 32.2 Å². The first-order valence-electron chi connectivity index (χ1n) is 9.56. The fourth-order valence-corrected chi connectivity index (χ4v) is 3.46. The monoisotopic (exact) mass is 381 g/mol. The van der Waals surface area contributed by atoms with Crippen molar-refractivity contribution >= 4 is 29.3 Å². The van der Waals surface area contributed by atoms with Crippen LogP contribution in [-0.4, -0.2) is 31.9 Å². The summed E-state index contributed by atoms with van der Waals surface area (Å²) in [6.07, 6.45) is 3.11. The highest BCUT2D eigenvalue weighted by atomic mass is 16.5. The average molecular weight is 381 g/mol. The molecule has 1 saturated heterocycles. The lowest BCUT2D eigenvalue weighted by molar-refractivity contribution is -0.118. The van der Waals surface area contributed by atoms with Crippen molar-refractivity contribution < 1.29 is 14.3 Å². The van der Waals surface area contributed by atoms with E-state index in [1.165, 1.54) is 16.8 Å². The van der Waals surface area contributed by atoms with E-state index in [1.54, 1.807) is 18.2 Å². The van der Waals surface area contributed by atoms with Crippen LogP contribution in [0.3, 0.4) is 0 Å². The van der Waals surface area contributed by atoms with Crippen molar-refractivity contribution in [2.45, 2.75) is 26.7 Å². The van der Waals surface area contributed by atoms with Crippen LogP contribution in [0.4, 0.5) is 17.1 Å². The molecule has 1 amide bonds. The Bertz CT molecular complexity index is 858. The Morgan fingerprint density at radius 2 is 1.93 bits per heavy atom. The minimum atomic E-state index is -0.145. The van der Waals surface area contributed by atoms with Crippen molar-refractivity contribution in [3.63, 3.8) is 0 Å².